The van der Waals surface area contributed by atoms with E-state index in [1.165, 1.54) is 0 Å². The lowest BCUT2D eigenvalue weighted by Crippen LogP contribution is -2.17. The highest BCUT2D eigenvalue weighted by Gasteiger charge is 2.28. The third kappa shape index (κ3) is 5.26. The molecule has 0 atom stereocenters. The van der Waals surface area contributed by atoms with E-state index in [1.54, 1.807) is 24.3 Å². The number of anilines is 1. The van der Waals surface area contributed by atoms with Crippen molar-refractivity contribution < 1.29 is 12.8 Å². The minimum Gasteiger partial charge on any atom is -0.419 e. The summed E-state index contributed by atoms with van der Waals surface area (Å²) in [5, 5.41) is 3.02. The molecule has 0 saturated heterocycles. The first kappa shape index (κ1) is 21.5. The molecule has 3 rings (SSSR count). The highest BCUT2D eigenvalue weighted by molar-refractivity contribution is 9.10. The van der Waals surface area contributed by atoms with Gasteiger partial charge >= 0.3 is 0 Å². The van der Waals surface area contributed by atoms with E-state index >= 15 is 0 Å². The number of hydrogen-bond donors (Lipinski definition) is 1. The number of hydrogen-bond acceptors (Lipinski definition) is 6. The Morgan fingerprint density at radius 2 is 1.72 bits per heavy atom. The van der Waals surface area contributed by atoms with Gasteiger partial charge in [-0.05, 0) is 70.4 Å². The molecule has 1 aromatic heterocycles. The van der Waals surface area contributed by atoms with E-state index < -0.39 is 9.84 Å². The SMILES string of the molecule is Cc1ccc(S(=O)(=O)c2nc(-c3ccc(Br)cc3)oc2NCCCN(C)C)cc1. The van der Waals surface area contributed by atoms with Crippen LogP contribution < -0.4 is 5.32 Å². The zero-order valence-electron chi connectivity index (χ0n) is 16.6. The van der Waals surface area contributed by atoms with Gasteiger partial charge in [0.25, 0.3) is 0 Å². The molecule has 8 heteroatoms. The molecule has 0 saturated carbocycles. The van der Waals surface area contributed by atoms with Gasteiger partial charge in [-0.2, -0.15) is 4.98 Å². The van der Waals surface area contributed by atoms with Gasteiger partial charge in [0.2, 0.25) is 26.6 Å². The summed E-state index contributed by atoms with van der Waals surface area (Å²) in [6.07, 6.45) is 0.839. The maximum absolute atomic E-state index is 13.2. The molecule has 0 radical (unpaired) electrons. The van der Waals surface area contributed by atoms with Crippen molar-refractivity contribution in [3.8, 4) is 11.5 Å². The number of aromatic nitrogens is 1. The van der Waals surface area contributed by atoms with Crippen molar-refractivity contribution >= 4 is 31.7 Å². The molecule has 154 valence electrons. The van der Waals surface area contributed by atoms with E-state index in [4.69, 9.17) is 4.42 Å². The zero-order chi connectivity index (χ0) is 21.0. The van der Waals surface area contributed by atoms with Crippen LogP contribution in [0.1, 0.15) is 12.0 Å². The summed E-state index contributed by atoms with van der Waals surface area (Å²) in [7, 11) is 0.165. The lowest BCUT2D eigenvalue weighted by atomic mass is 10.2. The van der Waals surface area contributed by atoms with Crippen molar-refractivity contribution in [2.75, 3.05) is 32.5 Å². The molecule has 0 bridgehead atoms. The highest BCUT2D eigenvalue weighted by atomic mass is 79.9. The second-order valence-corrected chi connectivity index (χ2v) is 9.84. The van der Waals surface area contributed by atoms with Crippen molar-refractivity contribution in [1.82, 2.24) is 9.88 Å². The van der Waals surface area contributed by atoms with Crippen LogP contribution in [0.4, 0.5) is 5.88 Å². The third-order valence-electron chi connectivity index (χ3n) is 4.34. The minimum atomic E-state index is -3.82. The Labute approximate surface area is 180 Å². The summed E-state index contributed by atoms with van der Waals surface area (Å²) < 4.78 is 33.2. The number of halogens is 1. The van der Waals surface area contributed by atoms with Gasteiger partial charge in [-0.15, -0.1) is 0 Å². The van der Waals surface area contributed by atoms with Crippen LogP contribution in [0, 0.1) is 6.92 Å². The van der Waals surface area contributed by atoms with Gasteiger partial charge in [0.05, 0.1) is 4.90 Å². The topological polar surface area (TPSA) is 75.4 Å². The van der Waals surface area contributed by atoms with Gasteiger partial charge < -0.3 is 14.6 Å². The molecular formula is C21H24BrN3O3S. The molecule has 0 unspecified atom stereocenters. The van der Waals surface area contributed by atoms with Crippen LogP contribution in [0.25, 0.3) is 11.5 Å². The van der Waals surface area contributed by atoms with Gasteiger partial charge in [0.1, 0.15) is 0 Å². The lowest BCUT2D eigenvalue weighted by molar-refractivity contribution is 0.404. The van der Waals surface area contributed by atoms with Crippen LogP contribution in [0.15, 0.2) is 67.3 Å². The fourth-order valence-corrected chi connectivity index (χ4v) is 4.29. The molecule has 3 aromatic rings. The van der Waals surface area contributed by atoms with E-state index in [0.717, 1.165) is 23.0 Å². The fraction of sp³-hybridized carbons (Fsp3) is 0.286. The largest absolute Gasteiger partial charge is 0.419 e. The van der Waals surface area contributed by atoms with Crippen molar-refractivity contribution in [3.05, 3.63) is 58.6 Å². The molecule has 2 aromatic carbocycles. The van der Waals surface area contributed by atoms with Crippen LogP contribution in [0.3, 0.4) is 0 Å². The first-order valence-electron chi connectivity index (χ1n) is 9.24. The van der Waals surface area contributed by atoms with Crippen molar-refractivity contribution in [2.45, 2.75) is 23.3 Å². The van der Waals surface area contributed by atoms with Gasteiger partial charge in [0, 0.05) is 16.6 Å². The predicted octanol–water partition coefficient (Wildman–Crippen LogP) is 4.61. The number of benzene rings is 2. The molecule has 0 amide bonds. The van der Waals surface area contributed by atoms with Crippen molar-refractivity contribution in [3.63, 3.8) is 0 Å². The Morgan fingerprint density at radius 1 is 1.07 bits per heavy atom. The molecular weight excluding hydrogens is 454 g/mol. The smallest absolute Gasteiger partial charge is 0.233 e. The summed E-state index contributed by atoms with van der Waals surface area (Å²) in [5.74, 6) is 0.431. The maximum atomic E-state index is 13.2. The maximum Gasteiger partial charge on any atom is 0.233 e. The van der Waals surface area contributed by atoms with Gasteiger partial charge in [0.15, 0.2) is 0 Å². The first-order chi connectivity index (χ1) is 13.8. The van der Waals surface area contributed by atoms with E-state index in [1.807, 2.05) is 45.3 Å². The number of aryl methyl sites for hydroxylation is 1. The summed E-state index contributed by atoms with van der Waals surface area (Å²) >= 11 is 3.40. The molecule has 6 nitrogen and oxygen atoms in total. The predicted molar refractivity (Wildman–Crippen MR) is 118 cm³/mol. The number of sulfone groups is 1. The minimum absolute atomic E-state index is 0.0934. The van der Waals surface area contributed by atoms with E-state index in [2.05, 4.69) is 31.1 Å². The molecule has 1 heterocycles. The summed E-state index contributed by atoms with van der Waals surface area (Å²) in [5.41, 5.74) is 1.69. The highest BCUT2D eigenvalue weighted by Crippen LogP contribution is 2.32. The number of nitrogens with zero attached hydrogens (tertiary/aromatic N) is 2. The fourth-order valence-electron chi connectivity index (χ4n) is 2.74. The Balaban J connectivity index is 1.98. The molecule has 0 aliphatic rings. The van der Waals surface area contributed by atoms with Crippen LogP contribution >= 0.6 is 15.9 Å². The van der Waals surface area contributed by atoms with Crippen LogP contribution in [0.2, 0.25) is 0 Å². The normalized spacial score (nSPS) is 11.8. The van der Waals surface area contributed by atoms with E-state index in [-0.39, 0.29) is 21.7 Å². The third-order valence-corrected chi connectivity index (χ3v) is 6.55. The molecule has 29 heavy (non-hydrogen) atoms. The number of nitrogens with one attached hydrogen (secondary N) is 1. The average molecular weight is 478 g/mol. The number of rotatable bonds is 8. The summed E-state index contributed by atoms with van der Waals surface area (Å²) in [6.45, 7) is 3.36. The molecule has 0 aliphatic heterocycles. The first-order valence-corrected chi connectivity index (χ1v) is 11.5. The monoisotopic (exact) mass is 477 g/mol. The summed E-state index contributed by atoms with van der Waals surface area (Å²) in [4.78, 5) is 6.61. The average Bonchev–Trinajstić information content (AvgIpc) is 3.11. The van der Waals surface area contributed by atoms with E-state index in [9.17, 15) is 8.42 Å². The van der Waals surface area contributed by atoms with Crippen LogP contribution in [-0.2, 0) is 9.84 Å². The molecule has 0 spiro atoms. The molecule has 1 N–H and O–H groups in total. The summed E-state index contributed by atoms with van der Waals surface area (Å²) in [6, 6.07) is 14.1. The Bertz CT molecular complexity index is 1060. The lowest BCUT2D eigenvalue weighted by Gasteiger charge is -2.10. The van der Waals surface area contributed by atoms with Crippen LogP contribution in [-0.4, -0.2) is 45.5 Å². The van der Waals surface area contributed by atoms with Gasteiger partial charge in [-0.25, -0.2) is 8.42 Å². The van der Waals surface area contributed by atoms with Crippen molar-refractivity contribution in [2.24, 2.45) is 0 Å². The number of oxazole rings is 1. The van der Waals surface area contributed by atoms with Crippen LogP contribution in [0.5, 0.6) is 0 Å². The van der Waals surface area contributed by atoms with Gasteiger partial charge in [-0.3, -0.25) is 0 Å². The quantitative estimate of drug-likeness (QED) is 0.477. The standard InChI is InChI=1S/C21H24BrN3O3S/c1-15-5-11-18(12-6-15)29(26,27)21-20(23-13-4-14-25(2)3)28-19(24-21)16-7-9-17(22)10-8-16/h5-12,23H,4,13-14H2,1-3H3. The zero-order valence-corrected chi connectivity index (χ0v) is 19.0. The molecule has 0 aliphatic carbocycles. The Kier molecular flexibility index (Phi) is 6.77. The second kappa shape index (κ2) is 9.11. The Morgan fingerprint density at radius 3 is 2.34 bits per heavy atom. The van der Waals surface area contributed by atoms with E-state index in [0.29, 0.717) is 12.1 Å². The molecule has 0 fully saturated rings. The van der Waals surface area contributed by atoms with Crippen molar-refractivity contribution in [1.29, 1.82) is 0 Å². The Hall–Kier alpha value is -2.16. The van der Waals surface area contributed by atoms with Gasteiger partial charge in [-0.1, -0.05) is 33.6 Å². The second-order valence-electron chi connectivity index (χ2n) is 7.06.